The number of anilines is 1. The number of hydrogen-bond acceptors (Lipinski definition) is 7. The van der Waals surface area contributed by atoms with Gasteiger partial charge in [0.1, 0.15) is 12.2 Å². The summed E-state index contributed by atoms with van der Waals surface area (Å²) in [7, 11) is 0. The van der Waals surface area contributed by atoms with Gasteiger partial charge in [-0.05, 0) is 62.3 Å². The Morgan fingerprint density at radius 1 is 1.12 bits per heavy atom. The lowest BCUT2D eigenvalue weighted by Crippen LogP contribution is -2.25. The zero-order chi connectivity index (χ0) is 22.8. The van der Waals surface area contributed by atoms with Crippen LogP contribution in [0.5, 0.6) is 5.75 Å². The summed E-state index contributed by atoms with van der Waals surface area (Å²) in [5, 5.41) is 11.1. The summed E-state index contributed by atoms with van der Waals surface area (Å²) in [4.78, 5) is 10.1. The second-order valence-corrected chi connectivity index (χ2v) is 10.1. The summed E-state index contributed by atoms with van der Waals surface area (Å²) in [5.41, 5.74) is 14.1. The highest BCUT2D eigenvalue weighted by atomic mass is 32.1. The molecule has 170 valence electrons. The predicted octanol–water partition coefficient (Wildman–Crippen LogP) is 4.23. The first-order valence-corrected chi connectivity index (χ1v) is 12.2. The molecule has 7 heteroatoms. The van der Waals surface area contributed by atoms with Crippen LogP contribution in [0.2, 0.25) is 0 Å². The Balaban J connectivity index is 1.27. The number of nitrogens with two attached hydrogens (primary N) is 2. The Morgan fingerprint density at radius 2 is 1.94 bits per heavy atom. The maximum atomic E-state index is 9.92. The first-order chi connectivity index (χ1) is 16.0. The van der Waals surface area contributed by atoms with E-state index in [1.165, 1.54) is 5.01 Å². The Kier molecular flexibility index (Phi) is 6.07. The minimum Gasteiger partial charge on any atom is -0.485 e. The normalized spacial score (nSPS) is 21.2. The predicted molar refractivity (Wildman–Crippen MR) is 131 cm³/mol. The van der Waals surface area contributed by atoms with Gasteiger partial charge in [-0.2, -0.15) is 0 Å². The number of nitrogen functional groups attached to an aromatic ring is 1. The molecule has 6 nitrogen and oxygen atoms in total. The van der Waals surface area contributed by atoms with Gasteiger partial charge in [0.05, 0.1) is 9.88 Å². The van der Waals surface area contributed by atoms with Crippen LogP contribution >= 0.6 is 11.3 Å². The minimum atomic E-state index is -0.784. The topological polar surface area (TPSA) is 107 Å². The van der Waals surface area contributed by atoms with Gasteiger partial charge in [-0.1, -0.05) is 24.0 Å². The second-order valence-electron chi connectivity index (χ2n) is 9.05. The number of aromatic nitrogens is 2. The van der Waals surface area contributed by atoms with Gasteiger partial charge in [-0.15, -0.1) is 11.3 Å². The van der Waals surface area contributed by atoms with E-state index in [9.17, 15) is 5.11 Å². The van der Waals surface area contributed by atoms with Gasteiger partial charge in [0.15, 0.2) is 11.6 Å². The zero-order valence-electron chi connectivity index (χ0n) is 18.5. The molecule has 0 unspecified atom stereocenters. The molecule has 3 aromatic rings. The third kappa shape index (κ3) is 5.36. The van der Waals surface area contributed by atoms with E-state index in [1.54, 1.807) is 17.5 Å². The van der Waals surface area contributed by atoms with Crippen LogP contribution in [0.25, 0.3) is 10.4 Å². The molecule has 0 aliphatic heterocycles. The van der Waals surface area contributed by atoms with Crippen LogP contribution in [0.3, 0.4) is 0 Å². The molecule has 5 rings (SSSR count). The van der Waals surface area contributed by atoms with Crippen molar-refractivity contribution in [3.8, 4) is 28.0 Å². The van der Waals surface area contributed by atoms with Crippen LogP contribution in [-0.2, 0) is 6.61 Å². The number of ether oxygens (including phenoxy) is 1. The van der Waals surface area contributed by atoms with E-state index >= 15 is 0 Å². The highest BCUT2D eigenvalue weighted by Crippen LogP contribution is 2.38. The molecule has 0 saturated heterocycles. The van der Waals surface area contributed by atoms with E-state index in [2.05, 4.69) is 21.8 Å². The second kappa shape index (κ2) is 9.14. The number of thiazole rings is 1. The van der Waals surface area contributed by atoms with Crippen LogP contribution in [0.15, 0.2) is 42.7 Å². The van der Waals surface area contributed by atoms with Gasteiger partial charge in [-0.25, -0.2) is 9.97 Å². The van der Waals surface area contributed by atoms with Crippen LogP contribution in [0.4, 0.5) is 5.82 Å². The van der Waals surface area contributed by atoms with E-state index in [-0.39, 0.29) is 0 Å². The van der Waals surface area contributed by atoms with Gasteiger partial charge in [-0.3, -0.25) is 0 Å². The summed E-state index contributed by atoms with van der Waals surface area (Å²) in [6.45, 7) is 0.353. The van der Waals surface area contributed by atoms with Crippen LogP contribution in [0.1, 0.15) is 60.6 Å². The van der Waals surface area contributed by atoms with Crippen molar-refractivity contribution in [2.24, 2.45) is 5.73 Å². The standard InChI is InChI=1S/C26H28N4O2S/c27-21-6-4-19(5-7-21)25-30-15-23(33-25)20-13-22(24(28)29-14-20)32-16-18-3-1-2-17(12-18)8-9-26(31)10-11-26/h1-3,12-15,19,21,31H,4-7,10-11,16,27H2,(H2,28,29). The van der Waals surface area contributed by atoms with Gasteiger partial charge in [0.25, 0.3) is 0 Å². The van der Waals surface area contributed by atoms with Gasteiger partial charge < -0.3 is 21.3 Å². The maximum Gasteiger partial charge on any atom is 0.166 e. The molecule has 2 aliphatic rings. The molecule has 2 aliphatic carbocycles. The van der Waals surface area contributed by atoms with Gasteiger partial charge in [0.2, 0.25) is 0 Å². The molecule has 2 heterocycles. The average molecular weight is 461 g/mol. The molecule has 0 atom stereocenters. The Bertz CT molecular complexity index is 1200. The molecule has 1 aromatic carbocycles. The summed E-state index contributed by atoms with van der Waals surface area (Å²) in [6.07, 6.45) is 9.53. The fourth-order valence-electron chi connectivity index (χ4n) is 4.01. The molecule has 2 aromatic heterocycles. The fourth-order valence-corrected chi connectivity index (χ4v) is 5.08. The lowest BCUT2D eigenvalue weighted by Gasteiger charge is -2.24. The van der Waals surface area contributed by atoms with Crippen molar-refractivity contribution in [1.29, 1.82) is 0 Å². The molecule has 0 spiro atoms. The third-order valence-electron chi connectivity index (χ3n) is 6.30. The summed E-state index contributed by atoms with van der Waals surface area (Å²) in [5.74, 6) is 7.40. The SMILES string of the molecule is Nc1ncc(-c2cnc(C3CCC(N)CC3)s2)cc1OCc1cccc(C#CC2(O)CC2)c1. The Labute approximate surface area is 198 Å². The number of aliphatic hydroxyl groups is 1. The van der Waals surface area contributed by atoms with Crippen LogP contribution in [0, 0.1) is 11.8 Å². The van der Waals surface area contributed by atoms with Crippen molar-refractivity contribution in [2.75, 3.05) is 5.73 Å². The van der Waals surface area contributed by atoms with Crippen molar-refractivity contribution in [2.45, 2.75) is 62.7 Å². The fraction of sp³-hybridized carbons (Fsp3) is 0.385. The van der Waals surface area contributed by atoms with Crippen molar-refractivity contribution >= 4 is 17.2 Å². The first kappa shape index (κ1) is 21.9. The Morgan fingerprint density at radius 3 is 2.73 bits per heavy atom. The lowest BCUT2D eigenvalue weighted by molar-refractivity contribution is 0.212. The molecule has 5 N–H and O–H groups in total. The molecule has 0 bridgehead atoms. The van der Waals surface area contributed by atoms with Crippen molar-refractivity contribution in [3.05, 3.63) is 58.9 Å². The van der Waals surface area contributed by atoms with Gasteiger partial charge >= 0.3 is 0 Å². The molecular weight excluding hydrogens is 432 g/mol. The summed E-state index contributed by atoms with van der Waals surface area (Å²) in [6, 6.07) is 10.1. The zero-order valence-corrected chi connectivity index (χ0v) is 19.3. The number of nitrogens with zero attached hydrogens (tertiary/aromatic N) is 2. The highest BCUT2D eigenvalue weighted by molar-refractivity contribution is 7.15. The van der Waals surface area contributed by atoms with E-state index in [4.69, 9.17) is 16.2 Å². The van der Waals surface area contributed by atoms with Crippen LogP contribution in [-0.4, -0.2) is 26.7 Å². The van der Waals surface area contributed by atoms with E-state index in [1.807, 2.05) is 36.5 Å². The maximum absolute atomic E-state index is 9.92. The molecule has 2 fully saturated rings. The average Bonchev–Trinajstić information content (AvgIpc) is 3.36. The lowest BCUT2D eigenvalue weighted by atomic mass is 9.87. The molecular formula is C26H28N4O2S. The molecule has 33 heavy (non-hydrogen) atoms. The monoisotopic (exact) mass is 460 g/mol. The van der Waals surface area contributed by atoms with Crippen molar-refractivity contribution < 1.29 is 9.84 Å². The number of rotatable bonds is 5. The van der Waals surface area contributed by atoms with Gasteiger partial charge in [0, 0.05) is 35.5 Å². The van der Waals surface area contributed by atoms with E-state index < -0.39 is 5.60 Å². The molecule has 0 radical (unpaired) electrons. The first-order valence-electron chi connectivity index (χ1n) is 11.4. The summed E-state index contributed by atoms with van der Waals surface area (Å²) >= 11 is 1.71. The van der Waals surface area contributed by atoms with Crippen molar-refractivity contribution in [1.82, 2.24) is 9.97 Å². The van der Waals surface area contributed by atoms with Crippen molar-refractivity contribution in [3.63, 3.8) is 0 Å². The summed E-state index contributed by atoms with van der Waals surface area (Å²) < 4.78 is 6.02. The Hall–Kier alpha value is -2.92. The van der Waals surface area contributed by atoms with Crippen LogP contribution < -0.4 is 16.2 Å². The number of hydrogen-bond donors (Lipinski definition) is 3. The molecule has 2 saturated carbocycles. The quantitative estimate of drug-likeness (QED) is 0.492. The highest BCUT2D eigenvalue weighted by Gasteiger charge is 2.38. The minimum absolute atomic E-state index is 0.332. The number of pyridine rings is 1. The molecule has 0 amide bonds. The third-order valence-corrected chi connectivity index (χ3v) is 7.50. The van der Waals surface area contributed by atoms with E-state index in [0.717, 1.165) is 60.1 Å². The largest absolute Gasteiger partial charge is 0.485 e. The van der Waals surface area contributed by atoms with E-state index in [0.29, 0.717) is 30.1 Å². The number of benzene rings is 1. The smallest absolute Gasteiger partial charge is 0.166 e.